The Kier molecular flexibility index (Phi) is 3.07. The summed E-state index contributed by atoms with van der Waals surface area (Å²) in [4.78, 5) is 4.46. The fourth-order valence-electron chi connectivity index (χ4n) is 1.98. The van der Waals surface area contributed by atoms with E-state index in [-0.39, 0.29) is 6.10 Å². The van der Waals surface area contributed by atoms with Gasteiger partial charge in [0.05, 0.1) is 11.8 Å². The zero-order valence-electron chi connectivity index (χ0n) is 8.26. The molecule has 3 heteroatoms. The van der Waals surface area contributed by atoms with E-state index in [1.54, 1.807) is 0 Å². The third-order valence-corrected chi connectivity index (χ3v) is 3.66. The predicted molar refractivity (Wildman–Crippen MR) is 64.2 cm³/mol. The summed E-state index contributed by atoms with van der Waals surface area (Å²) in [5.41, 5.74) is 3.20. The molecule has 0 spiro atoms. The molecule has 76 valence electrons. The number of fused-ring (bicyclic) bond motifs is 1. The average molecular weight is 303 g/mol. The van der Waals surface area contributed by atoms with Crippen LogP contribution in [0.25, 0.3) is 0 Å². The Morgan fingerprint density at radius 1 is 1.50 bits per heavy atom. The molecular formula is C11H14INO. The van der Waals surface area contributed by atoms with Gasteiger partial charge in [-0.05, 0) is 60.4 Å². The Hall–Kier alpha value is -0.160. The number of nitrogens with zero attached hydrogens (tertiary/aromatic N) is 1. The number of aromatic nitrogens is 1. The van der Waals surface area contributed by atoms with Crippen LogP contribution in [-0.2, 0) is 6.42 Å². The molecule has 1 atom stereocenters. The Labute approximate surface area is 97.9 Å². The molecule has 1 heterocycles. The van der Waals surface area contributed by atoms with Crippen LogP contribution in [0, 0.1) is 10.5 Å². The predicted octanol–water partition coefficient (Wildman–Crippen LogP) is 2.75. The van der Waals surface area contributed by atoms with E-state index in [0.717, 1.165) is 30.7 Å². The lowest BCUT2D eigenvalue weighted by Gasteiger charge is -2.12. The van der Waals surface area contributed by atoms with Crippen molar-refractivity contribution in [2.45, 2.75) is 38.7 Å². The minimum atomic E-state index is -0.346. The van der Waals surface area contributed by atoms with Crippen LogP contribution in [0.2, 0.25) is 0 Å². The molecule has 1 N–H and O–H groups in total. The van der Waals surface area contributed by atoms with Crippen molar-refractivity contribution in [1.82, 2.24) is 4.98 Å². The maximum atomic E-state index is 9.92. The number of halogens is 1. The summed E-state index contributed by atoms with van der Waals surface area (Å²) in [7, 11) is 0. The first-order valence-electron chi connectivity index (χ1n) is 5.02. The summed E-state index contributed by atoms with van der Waals surface area (Å²) in [5.74, 6) is 0. The second-order valence-electron chi connectivity index (χ2n) is 3.87. The third kappa shape index (κ3) is 1.93. The molecule has 2 nitrogen and oxygen atoms in total. The van der Waals surface area contributed by atoms with Gasteiger partial charge < -0.3 is 5.11 Å². The lowest BCUT2D eigenvalue weighted by Crippen LogP contribution is -2.05. The lowest BCUT2D eigenvalue weighted by atomic mass is 10.1. The first kappa shape index (κ1) is 10.4. The highest BCUT2D eigenvalue weighted by molar-refractivity contribution is 14.1. The van der Waals surface area contributed by atoms with Gasteiger partial charge in [0, 0.05) is 9.26 Å². The number of hydrogen-bond acceptors (Lipinski definition) is 2. The van der Waals surface area contributed by atoms with Crippen LogP contribution in [0.5, 0.6) is 0 Å². The van der Waals surface area contributed by atoms with Gasteiger partial charge in [0.2, 0.25) is 0 Å². The zero-order chi connectivity index (χ0) is 10.1. The number of aliphatic hydroxyl groups excluding tert-OH is 1. The smallest absolute Gasteiger partial charge is 0.0963 e. The minimum Gasteiger partial charge on any atom is -0.387 e. The van der Waals surface area contributed by atoms with Crippen molar-refractivity contribution in [2.24, 2.45) is 0 Å². The quantitative estimate of drug-likeness (QED) is 0.590. The molecule has 0 aromatic carbocycles. The van der Waals surface area contributed by atoms with Crippen molar-refractivity contribution in [3.63, 3.8) is 0 Å². The summed E-state index contributed by atoms with van der Waals surface area (Å²) >= 11 is 2.34. The Morgan fingerprint density at radius 2 is 2.29 bits per heavy atom. The average Bonchev–Trinajstić information content (AvgIpc) is 2.29. The number of aryl methyl sites for hydroxylation is 1. The summed E-state index contributed by atoms with van der Waals surface area (Å²) < 4.78 is 1.26. The molecule has 0 amide bonds. The van der Waals surface area contributed by atoms with Crippen LogP contribution in [0.3, 0.4) is 0 Å². The Balaban J connectivity index is 2.53. The highest BCUT2D eigenvalue weighted by atomic mass is 127. The van der Waals surface area contributed by atoms with E-state index in [0.29, 0.717) is 0 Å². The monoisotopic (exact) mass is 303 g/mol. The van der Waals surface area contributed by atoms with Crippen LogP contribution in [0.4, 0.5) is 0 Å². The fourth-order valence-corrected chi connectivity index (χ4v) is 2.98. The van der Waals surface area contributed by atoms with Gasteiger partial charge in [0.1, 0.15) is 0 Å². The van der Waals surface area contributed by atoms with Crippen molar-refractivity contribution in [3.8, 4) is 0 Å². The van der Waals surface area contributed by atoms with E-state index in [1.165, 1.54) is 15.6 Å². The van der Waals surface area contributed by atoms with Gasteiger partial charge in [-0.3, -0.25) is 4.98 Å². The topological polar surface area (TPSA) is 33.1 Å². The van der Waals surface area contributed by atoms with Gasteiger partial charge in [-0.15, -0.1) is 0 Å². The summed E-state index contributed by atoms with van der Waals surface area (Å²) in [6.45, 7) is 1.99. The van der Waals surface area contributed by atoms with Crippen molar-refractivity contribution in [1.29, 1.82) is 0 Å². The number of pyridine rings is 1. The molecule has 0 saturated carbocycles. The van der Waals surface area contributed by atoms with Crippen LogP contribution >= 0.6 is 22.6 Å². The van der Waals surface area contributed by atoms with Gasteiger partial charge in [-0.1, -0.05) is 6.42 Å². The maximum Gasteiger partial charge on any atom is 0.0963 e. The summed E-state index contributed by atoms with van der Waals surface area (Å²) in [5, 5.41) is 9.92. The van der Waals surface area contributed by atoms with E-state index in [2.05, 4.69) is 33.6 Å². The molecule has 1 aromatic rings. The van der Waals surface area contributed by atoms with Crippen LogP contribution < -0.4 is 0 Å². The first-order valence-corrected chi connectivity index (χ1v) is 6.10. The van der Waals surface area contributed by atoms with E-state index in [4.69, 9.17) is 0 Å². The molecule has 1 aliphatic rings. The van der Waals surface area contributed by atoms with Gasteiger partial charge in [-0.2, -0.15) is 0 Å². The largest absolute Gasteiger partial charge is 0.387 e. The molecule has 14 heavy (non-hydrogen) atoms. The normalized spacial score (nSPS) is 21.5. The summed E-state index contributed by atoms with van der Waals surface area (Å²) in [6, 6.07) is 2.09. The zero-order valence-corrected chi connectivity index (χ0v) is 10.4. The maximum absolute atomic E-state index is 9.92. The van der Waals surface area contributed by atoms with E-state index in [1.807, 2.05) is 6.92 Å². The van der Waals surface area contributed by atoms with Gasteiger partial charge in [-0.25, -0.2) is 0 Å². The van der Waals surface area contributed by atoms with Crippen LogP contribution in [0.1, 0.15) is 42.3 Å². The van der Waals surface area contributed by atoms with E-state index >= 15 is 0 Å². The molecular weight excluding hydrogens is 289 g/mol. The van der Waals surface area contributed by atoms with Crippen LogP contribution in [0.15, 0.2) is 6.07 Å². The Bertz CT molecular complexity index is 351. The molecule has 0 fully saturated rings. The highest BCUT2D eigenvalue weighted by Gasteiger charge is 2.19. The molecule has 0 bridgehead atoms. The minimum absolute atomic E-state index is 0.346. The fraction of sp³-hybridized carbons (Fsp3) is 0.545. The van der Waals surface area contributed by atoms with Crippen molar-refractivity contribution in [3.05, 3.63) is 26.6 Å². The molecule has 0 saturated heterocycles. The number of hydrogen-bond donors (Lipinski definition) is 1. The Morgan fingerprint density at radius 3 is 3.07 bits per heavy atom. The molecule has 2 rings (SSSR count). The lowest BCUT2D eigenvalue weighted by molar-refractivity contribution is 0.162. The third-order valence-electron chi connectivity index (χ3n) is 2.70. The molecule has 1 aromatic heterocycles. The molecule has 0 radical (unpaired) electrons. The second kappa shape index (κ2) is 4.14. The molecule has 0 aliphatic heterocycles. The molecule has 1 aliphatic carbocycles. The first-order chi connectivity index (χ1) is 6.68. The summed E-state index contributed by atoms with van der Waals surface area (Å²) in [6.07, 6.45) is 3.86. The van der Waals surface area contributed by atoms with Gasteiger partial charge in [0.15, 0.2) is 0 Å². The van der Waals surface area contributed by atoms with Crippen LogP contribution in [-0.4, -0.2) is 10.1 Å². The van der Waals surface area contributed by atoms with E-state index in [9.17, 15) is 5.11 Å². The van der Waals surface area contributed by atoms with Gasteiger partial charge >= 0.3 is 0 Å². The van der Waals surface area contributed by atoms with Gasteiger partial charge in [0.25, 0.3) is 0 Å². The van der Waals surface area contributed by atoms with Crippen molar-refractivity contribution < 1.29 is 5.11 Å². The number of rotatable bonds is 0. The van der Waals surface area contributed by atoms with E-state index < -0.39 is 0 Å². The van der Waals surface area contributed by atoms with Crippen molar-refractivity contribution >= 4 is 22.6 Å². The highest BCUT2D eigenvalue weighted by Crippen LogP contribution is 2.30. The van der Waals surface area contributed by atoms with Crippen molar-refractivity contribution in [2.75, 3.05) is 0 Å². The second-order valence-corrected chi connectivity index (χ2v) is 5.03. The molecule has 1 unspecified atom stereocenters. The standard InChI is InChI=1S/C11H14INO/c1-7-6-9(12)8-4-2-3-5-10(14)11(8)13-7/h6,10,14H,2-5H2,1H3. The number of aliphatic hydroxyl groups is 1. The SMILES string of the molecule is Cc1cc(I)c2c(n1)C(O)CCCC2.